The second-order valence-electron chi connectivity index (χ2n) is 4.00. The van der Waals surface area contributed by atoms with Crippen molar-refractivity contribution in [1.29, 1.82) is 0 Å². The van der Waals surface area contributed by atoms with E-state index in [9.17, 15) is 17.2 Å². The molecule has 1 saturated heterocycles. The van der Waals surface area contributed by atoms with Gasteiger partial charge in [0.05, 0.1) is 0 Å². The SMILES string of the molecule is Nc1cc(F)c(F)c(S(=O)(=O)NC2CCSC2)c1. The van der Waals surface area contributed by atoms with Crippen LogP contribution in [-0.2, 0) is 10.0 Å². The first-order chi connectivity index (χ1) is 8.40. The molecular weight excluding hydrogens is 282 g/mol. The van der Waals surface area contributed by atoms with Gasteiger partial charge in [-0.1, -0.05) is 0 Å². The summed E-state index contributed by atoms with van der Waals surface area (Å²) in [6.45, 7) is 0. The van der Waals surface area contributed by atoms with Crippen LogP contribution >= 0.6 is 11.8 Å². The molecule has 0 bridgehead atoms. The van der Waals surface area contributed by atoms with Gasteiger partial charge < -0.3 is 5.73 Å². The van der Waals surface area contributed by atoms with E-state index in [1.54, 1.807) is 11.8 Å². The predicted octanol–water partition coefficient (Wildman–Crippen LogP) is 1.33. The monoisotopic (exact) mass is 294 g/mol. The number of hydrogen-bond donors (Lipinski definition) is 2. The minimum absolute atomic E-state index is 0.130. The van der Waals surface area contributed by atoms with Crippen molar-refractivity contribution in [2.75, 3.05) is 17.2 Å². The maximum Gasteiger partial charge on any atom is 0.243 e. The van der Waals surface area contributed by atoms with Crippen molar-refractivity contribution in [1.82, 2.24) is 4.72 Å². The third kappa shape index (κ3) is 2.76. The fraction of sp³-hybridized carbons (Fsp3) is 0.400. The first-order valence-corrected chi connectivity index (χ1v) is 7.88. The molecule has 0 aliphatic carbocycles. The molecule has 1 aromatic carbocycles. The van der Waals surface area contributed by atoms with Gasteiger partial charge in [0.25, 0.3) is 0 Å². The number of hydrogen-bond acceptors (Lipinski definition) is 4. The van der Waals surface area contributed by atoms with Crippen LogP contribution in [0.5, 0.6) is 0 Å². The molecule has 1 aliphatic rings. The van der Waals surface area contributed by atoms with Gasteiger partial charge in [-0.15, -0.1) is 0 Å². The molecule has 4 nitrogen and oxygen atoms in total. The Labute approximate surface area is 108 Å². The van der Waals surface area contributed by atoms with E-state index in [0.717, 1.165) is 17.9 Å². The second-order valence-corrected chi connectivity index (χ2v) is 6.83. The molecule has 8 heteroatoms. The Hall–Kier alpha value is -0.860. The van der Waals surface area contributed by atoms with Crippen molar-refractivity contribution in [2.24, 2.45) is 0 Å². The molecule has 1 atom stereocenters. The molecule has 0 spiro atoms. The number of rotatable bonds is 3. The number of benzene rings is 1. The topological polar surface area (TPSA) is 72.2 Å². The molecule has 0 amide bonds. The lowest BCUT2D eigenvalue weighted by molar-refractivity contribution is 0.482. The normalized spacial score (nSPS) is 20.2. The molecule has 1 aromatic rings. The molecule has 3 N–H and O–H groups in total. The lowest BCUT2D eigenvalue weighted by atomic mass is 10.3. The van der Waals surface area contributed by atoms with Crippen LogP contribution in [0.15, 0.2) is 17.0 Å². The molecule has 1 aliphatic heterocycles. The van der Waals surface area contributed by atoms with Gasteiger partial charge >= 0.3 is 0 Å². The summed E-state index contributed by atoms with van der Waals surface area (Å²) in [7, 11) is -4.08. The Morgan fingerprint density at radius 1 is 1.39 bits per heavy atom. The highest BCUT2D eigenvalue weighted by Gasteiger charge is 2.27. The Kier molecular flexibility index (Phi) is 3.79. The van der Waals surface area contributed by atoms with Gasteiger partial charge in [0.2, 0.25) is 10.0 Å². The molecule has 0 saturated carbocycles. The summed E-state index contributed by atoms with van der Waals surface area (Å²) in [5.74, 6) is -1.19. The zero-order chi connectivity index (χ0) is 13.3. The van der Waals surface area contributed by atoms with Crippen LogP contribution in [0.2, 0.25) is 0 Å². The number of nitrogen functional groups attached to an aromatic ring is 1. The highest BCUT2D eigenvalue weighted by molar-refractivity contribution is 7.99. The number of nitrogens with one attached hydrogen (secondary N) is 1. The number of sulfonamides is 1. The fourth-order valence-corrected chi connectivity index (χ4v) is 4.34. The standard InChI is InChI=1S/C10H12F2N2O2S2/c11-8-3-6(13)4-9(10(8)12)18(15,16)14-7-1-2-17-5-7/h3-4,7,14H,1-2,5,13H2. The van der Waals surface area contributed by atoms with E-state index in [2.05, 4.69) is 4.72 Å². The van der Waals surface area contributed by atoms with Crippen molar-refractivity contribution in [3.63, 3.8) is 0 Å². The number of nitrogens with two attached hydrogens (primary N) is 1. The van der Waals surface area contributed by atoms with E-state index in [1.807, 2.05) is 0 Å². The maximum absolute atomic E-state index is 13.5. The highest BCUT2D eigenvalue weighted by Crippen LogP contribution is 2.23. The smallest absolute Gasteiger partial charge is 0.243 e. The Bertz CT molecular complexity index is 557. The summed E-state index contributed by atoms with van der Waals surface area (Å²) in [4.78, 5) is -0.739. The van der Waals surface area contributed by atoms with E-state index < -0.39 is 26.6 Å². The van der Waals surface area contributed by atoms with Crippen LogP contribution in [0.3, 0.4) is 0 Å². The van der Waals surface area contributed by atoms with Gasteiger partial charge in [-0.2, -0.15) is 11.8 Å². The first-order valence-electron chi connectivity index (χ1n) is 5.25. The van der Waals surface area contributed by atoms with Gasteiger partial charge in [0.1, 0.15) is 4.90 Å². The van der Waals surface area contributed by atoms with Crippen LogP contribution in [0, 0.1) is 11.6 Å². The van der Waals surface area contributed by atoms with Gasteiger partial charge in [-0.3, -0.25) is 0 Å². The van der Waals surface area contributed by atoms with Gasteiger partial charge in [-0.05, 0) is 24.3 Å². The maximum atomic E-state index is 13.5. The third-order valence-electron chi connectivity index (χ3n) is 2.56. The first kappa shape index (κ1) is 13.6. The highest BCUT2D eigenvalue weighted by atomic mass is 32.2. The zero-order valence-corrected chi connectivity index (χ0v) is 11.0. The Morgan fingerprint density at radius 2 is 2.11 bits per heavy atom. The van der Waals surface area contributed by atoms with Gasteiger partial charge in [0.15, 0.2) is 11.6 Å². The van der Waals surface area contributed by atoms with E-state index in [-0.39, 0.29) is 11.7 Å². The Morgan fingerprint density at radius 3 is 2.72 bits per heavy atom. The summed E-state index contributed by atoms with van der Waals surface area (Å²) in [5.41, 5.74) is 5.20. The minimum Gasteiger partial charge on any atom is -0.399 e. The van der Waals surface area contributed by atoms with Crippen molar-refractivity contribution >= 4 is 27.5 Å². The summed E-state index contributed by atoms with van der Waals surface area (Å²) >= 11 is 1.61. The summed E-state index contributed by atoms with van der Waals surface area (Å²) in [5, 5.41) is 0. The Balaban J connectivity index is 2.34. The van der Waals surface area contributed by atoms with Crippen molar-refractivity contribution in [3.05, 3.63) is 23.8 Å². The average molecular weight is 294 g/mol. The fourth-order valence-electron chi connectivity index (χ4n) is 1.69. The summed E-state index contributed by atoms with van der Waals surface area (Å²) < 4.78 is 52.8. The van der Waals surface area contributed by atoms with Crippen LogP contribution < -0.4 is 10.5 Å². The molecule has 0 radical (unpaired) electrons. The summed E-state index contributed by atoms with van der Waals surface area (Å²) in [6, 6.07) is 1.42. The van der Waals surface area contributed by atoms with E-state index >= 15 is 0 Å². The summed E-state index contributed by atoms with van der Waals surface area (Å²) in [6.07, 6.45) is 0.677. The molecule has 1 unspecified atom stereocenters. The van der Waals surface area contributed by atoms with Crippen molar-refractivity contribution in [2.45, 2.75) is 17.4 Å². The predicted molar refractivity (Wildman–Crippen MR) is 66.8 cm³/mol. The quantitative estimate of drug-likeness (QED) is 0.825. The molecule has 2 rings (SSSR count). The molecule has 100 valence electrons. The van der Waals surface area contributed by atoms with E-state index in [0.29, 0.717) is 12.2 Å². The number of halogens is 2. The molecule has 18 heavy (non-hydrogen) atoms. The van der Waals surface area contributed by atoms with Crippen molar-refractivity contribution in [3.8, 4) is 0 Å². The molecule has 1 heterocycles. The average Bonchev–Trinajstić information content (AvgIpc) is 2.75. The second kappa shape index (κ2) is 5.02. The lowest BCUT2D eigenvalue weighted by Gasteiger charge is -2.13. The molecule has 1 fully saturated rings. The van der Waals surface area contributed by atoms with Crippen LogP contribution in [0.4, 0.5) is 14.5 Å². The minimum atomic E-state index is -4.08. The number of thioether (sulfide) groups is 1. The van der Waals surface area contributed by atoms with E-state index in [4.69, 9.17) is 5.73 Å². The zero-order valence-electron chi connectivity index (χ0n) is 9.32. The van der Waals surface area contributed by atoms with Gasteiger partial charge in [0, 0.05) is 17.5 Å². The van der Waals surface area contributed by atoms with Crippen molar-refractivity contribution < 1.29 is 17.2 Å². The van der Waals surface area contributed by atoms with Gasteiger partial charge in [-0.25, -0.2) is 21.9 Å². The van der Waals surface area contributed by atoms with Crippen LogP contribution in [0.1, 0.15) is 6.42 Å². The largest absolute Gasteiger partial charge is 0.399 e. The number of anilines is 1. The lowest BCUT2D eigenvalue weighted by Crippen LogP contribution is -2.35. The van der Waals surface area contributed by atoms with E-state index in [1.165, 1.54) is 0 Å². The molecule has 0 aromatic heterocycles. The van der Waals surface area contributed by atoms with Crippen LogP contribution in [0.25, 0.3) is 0 Å². The van der Waals surface area contributed by atoms with Crippen LogP contribution in [-0.4, -0.2) is 26.0 Å². The molecular formula is C10H12F2N2O2S2. The third-order valence-corrected chi connectivity index (χ3v) is 5.24.